The molecule has 0 aliphatic heterocycles. The Morgan fingerprint density at radius 3 is 2.57 bits per heavy atom. The molecule has 5 nitrogen and oxygen atoms in total. The number of fused-ring (bicyclic) bond motifs is 3. The summed E-state index contributed by atoms with van der Waals surface area (Å²) in [7, 11) is 0. The van der Waals surface area contributed by atoms with Crippen molar-refractivity contribution in [2.45, 2.75) is 13.0 Å². The summed E-state index contributed by atoms with van der Waals surface area (Å²) in [5.74, 6) is 1.31. The van der Waals surface area contributed by atoms with Crippen molar-refractivity contribution >= 4 is 43.9 Å². The van der Waals surface area contributed by atoms with Crippen molar-refractivity contribution in [1.29, 1.82) is 0 Å². The van der Waals surface area contributed by atoms with Gasteiger partial charge in [-0.1, -0.05) is 42.5 Å². The molecule has 0 saturated carbocycles. The smallest absolute Gasteiger partial charge is 0.262 e. The third-order valence-corrected chi connectivity index (χ3v) is 6.45. The number of thiophene rings is 1. The maximum absolute atomic E-state index is 13.2. The van der Waals surface area contributed by atoms with E-state index < -0.39 is 0 Å². The molecule has 0 bridgehead atoms. The third-order valence-electron chi connectivity index (χ3n) is 4.76. The summed E-state index contributed by atoms with van der Waals surface area (Å²) < 4.78 is 4.72. The first-order valence-electron chi connectivity index (χ1n) is 8.87. The lowest BCUT2D eigenvalue weighted by Gasteiger charge is -2.11. The molecular formula is C21H15BrN4OS. The number of hydrogen-bond donors (Lipinski definition) is 0. The number of hydrogen-bond acceptors (Lipinski definition) is 4. The quantitative estimate of drug-likeness (QED) is 0.395. The zero-order chi connectivity index (χ0) is 19.1. The molecule has 0 unspecified atom stereocenters. The van der Waals surface area contributed by atoms with E-state index in [1.807, 2.05) is 58.3 Å². The predicted octanol–water partition coefficient (Wildman–Crippen LogP) is 4.78. The molecule has 3 aromatic heterocycles. The highest BCUT2D eigenvalue weighted by Gasteiger charge is 2.18. The molecule has 0 amide bonds. The van der Waals surface area contributed by atoms with Gasteiger partial charge >= 0.3 is 0 Å². The minimum atomic E-state index is -0.0367. The van der Waals surface area contributed by atoms with E-state index in [0.717, 1.165) is 27.1 Å². The predicted molar refractivity (Wildman–Crippen MR) is 116 cm³/mol. The second-order valence-electron chi connectivity index (χ2n) is 6.50. The Balaban J connectivity index is 1.74. The highest BCUT2D eigenvalue weighted by atomic mass is 79.9. The zero-order valence-electron chi connectivity index (χ0n) is 14.7. The second kappa shape index (κ2) is 7.00. The molecule has 3 heterocycles. The largest absolute Gasteiger partial charge is 0.276 e. The van der Waals surface area contributed by atoms with E-state index >= 15 is 0 Å². The van der Waals surface area contributed by atoms with Crippen LogP contribution in [0.5, 0.6) is 0 Å². The van der Waals surface area contributed by atoms with Crippen LogP contribution in [0.1, 0.15) is 5.56 Å². The average Bonchev–Trinajstić information content (AvgIpc) is 3.35. The van der Waals surface area contributed by atoms with Gasteiger partial charge in [-0.3, -0.25) is 13.8 Å². The molecule has 28 heavy (non-hydrogen) atoms. The molecule has 2 aromatic carbocycles. The van der Waals surface area contributed by atoms with Crippen molar-refractivity contribution in [3.05, 3.63) is 86.4 Å². The molecule has 0 radical (unpaired) electrons. The maximum Gasteiger partial charge on any atom is 0.262 e. The van der Waals surface area contributed by atoms with E-state index in [0.29, 0.717) is 17.7 Å². The summed E-state index contributed by atoms with van der Waals surface area (Å²) in [6.45, 7) is 0.545. The van der Waals surface area contributed by atoms with Crippen LogP contribution in [-0.2, 0) is 13.0 Å². The van der Waals surface area contributed by atoms with Crippen molar-refractivity contribution in [3.8, 4) is 10.7 Å². The first-order valence-corrected chi connectivity index (χ1v) is 10.5. The van der Waals surface area contributed by atoms with E-state index in [9.17, 15) is 4.79 Å². The number of rotatable bonds is 4. The molecule has 0 fully saturated rings. The van der Waals surface area contributed by atoms with E-state index in [2.05, 4.69) is 38.3 Å². The van der Waals surface area contributed by atoms with Crippen LogP contribution in [0.4, 0.5) is 0 Å². The fraction of sp³-hybridized carbons (Fsp3) is 0.0952. The van der Waals surface area contributed by atoms with Crippen molar-refractivity contribution in [3.63, 3.8) is 0 Å². The van der Waals surface area contributed by atoms with Crippen LogP contribution >= 0.6 is 27.3 Å². The Kier molecular flexibility index (Phi) is 4.33. The molecular weight excluding hydrogens is 436 g/mol. The fourth-order valence-electron chi connectivity index (χ4n) is 3.44. The number of nitrogens with zero attached hydrogens (tertiary/aromatic N) is 4. The molecule has 0 atom stereocenters. The lowest BCUT2D eigenvalue weighted by atomic mass is 10.1. The Morgan fingerprint density at radius 2 is 1.79 bits per heavy atom. The molecule has 138 valence electrons. The Hall–Kier alpha value is -2.77. The molecule has 0 saturated heterocycles. The van der Waals surface area contributed by atoms with Crippen LogP contribution in [0.15, 0.2) is 75.3 Å². The molecule has 0 aliphatic carbocycles. The first kappa shape index (κ1) is 17.3. The second-order valence-corrected chi connectivity index (χ2v) is 8.32. The highest BCUT2D eigenvalue weighted by molar-refractivity contribution is 9.10. The van der Waals surface area contributed by atoms with Gasteiger partial charge < -0.3 is 0 Å². The van der Waals surface area contributed by atoms with Crippen LogP contribution in [0.3, 0.4) is 0 Å². The fourth-order valence-corrected chi connectivity index (χ4v) is 4.84. The minimum Gasteiger partial charge on any atom is -0.276 e. The lowest BCUT2D eigenvalue weighted by Crippen LogP contribution is -2.24. The molecule has 0 spiro atoms. The Labute approximate surface area is 173 Å². The van der Waals surface area contributed by atoms with Crippen LogP contribution in [0, 0.1) is 0 Å². The molecule has 0 N–H and O–H groups in total. The summed E-state index contributed by atoms with van der Waals surface area (Å²) in [5.41, 5.74) is 1.97. The van der Waals surface area contributed by atoms with E-state index in [4.69, 9.17) is 0 Å². The number of aryl methyl sites for hydroxylation is 2. The van der Waals surface area contributed by atoms with E-state index in [1.165, 1.54) is 5.56 Å². The monoisotopic (exact) mass is 450 g/mol. The highest BCUT2D eigenvalue weighted by Crippen LogP contribution is 2.30. The Bertz CT molecular complexity index is 1350. The van der Waals surface area contributed by atoms with E-state index in [1.54, 1.807) is 15.9 Å². The summed E-state index contributed by atoms with van der Waals surface area (Å²) in [6.07, 6.45) is 0.751. The van der Waals surface area contributed by atoms with Gasteiger partial charge in [0.15, 0.2) is 5.82 Å². The normalized spacial score (nSPS) is 11.5. The standard InChI is InChI=1S/C21H15BrN4OS/c22-15-12-18(28-13-15)19-23-24-21-25(11-10-14-6-2-1-3-7-14)20(27)16-8-4-5-9-17(16)26(19)21/h1-9,12-13H,10-11H2. The molecule has 5 aromatic rings. The van der Waals surface area contributed by atoms with Gasteiger partial charge in [0.2, 0.25) is 5.78 Å². The van der Waals surface area contributed by atoms with Crippen LogP contribution < -0.4 is 5.56 Å². The van der Waals surface area contributed by atoms with Crippen LogP contribution in [-0.4, -0.2) is 19.2 Å². The molecule has 7 heteroatoms. The van der Waals surface area contributed by atoms with Crippen molar-refractivity contribution < 1.29 is 0 Å². The van der Waals surface area contributed by atoms with Gasteiger partial charge in [0.05, 0.1) is 15.8 Å². The van der Waals surface area contributed by atoms with Gasteiger partial charge in [0.25, 0.3) is 5.56 Å². The van der Waals surface area contributed by atoms with Crippen LogP contribution in [0.2, 0.25) is 0 Å². The SMILES string of the molecule is O=c1c2ccccc2n2c(-c3cc(Br)cs3)nnc2n1CCc1ccccc1. The zero-order valence-corrected chi connectivity index (χ0v) is 17.2. The van der Waals surface area contributed by atoms with Crippen molar-refractivity contribution in [2.24, 2.45) is 0 Å². The van der Waals surface area contributed by atoms with Gasteiger partial charge in [0, 0.05) is 16.4 Å². The van der Waals surface area contributed by atoms with Gasteiger partial charge in [0.1, 0.15) is 0 Å². The number of aromatic nitrogens is 4. The number of para-hydroxylation sites is 1. The number of halogens is 1. The van der Waals surface area contributed by atoms with Crippen molar-refractivity contribution in [2.75, 3.05) is 0 Å². The molecule has 0 aliphatic rings. The minimum absolute atomic E-state index is 0.0367. The third kappa shape index (κ3) is 2.87. The molecule has 5 rings (SSSR count). The van der Waals surface area contributed by atoms with Gasteiger partial charge in [-0.05, 0) is 46.1 Å². The summed E-state index contributed by atoms with van der Waals surface area (Å²) in [6, 6.07) is 19.8. The summed E-state index contributed by atoms with van der Waals surface area (Å²) in [4.78, 5) is 14.2. The van der Waals surface area contributed by atoms with E-state index in [-0.39, 0.29) is 5.56 Å². The first-order chi connectivity index (χ1) is 13.7. The number of benzene rings is 2. The lowest BCUT2D eigenvalue weighted by molar-refractivity contribution is 0.679. The summed E-state index contributed by atoms with van der Waals surface area (Å²) in [5, 5.41) is 11.5. The van der Waals surface area contributed by atoms with Crippen molar-refractivity contribution in [1.82, 2.24) is 19.2 Å². The van der Waals surface area contributed by atoms with Gasteiger partial charge in [-0.25, -0.2) is 0 Å². The van der Waals surface area contributed by atoms with Crippen LogP contribution in [0.25, 0.3) is 27.4 Å². The van der Waals surface area contributed by atoms with Gasteiger partial charge in [-0.2, -0.15) is 0 Å². The maximum atomic E-state index is 13.2. The Morgan fingerprint density at radius 1 is 1.00 bits per heavy atom. The topological polar surface area (TPSA) is 52.2 Å². The average molecular weight is 451 g/mol. The van der Waals surface area contributed by atoms with Gasteiger partial charge in [-0.15, -0.1) is 21.5 Å². The summed E-state index contributed by atoms with van der Waals surface area (Å²) >= 11 is 5.10.